The summed E-state index contributed by atoms with van der Waals surface area (Å²) in [5.41, 5.74) is 3.30. The highest BCUT2D eigenvalue weighted by Gasteiger charge is 2.70. The summed E-state index contributed by atoms with van der Waals surface area (Å²) in [6, 6.07) is 20.7. The van der Waals surface area contributed by atoms with Crippen LogP contribution in [-0.2, 0) is 18.0 Å². The van der Waals surface area contributed by atoms with E-state index in [1.165, 1.54) is 26.8 Å². The molecule has 3 heterocycles. The van der Waals surface area contributed by atoms with E-state index in [9.17, 15) is 9.59 Å². The third kappa shape index (κ3) is 1.64. The van der Waals surface area contributed by atoms with E-state index >= 15 is 0 Å². The molecule has 4 atom stereocenters. The molecule has 2 bridgehead atoms. The van der Waals surface area contributed by atoms with E-state index < -0.39 is 11.0 Å². The van der Waals surface area contributed by atoms with E-state index in [1.54, 1.807) is 16.4 Å². The average Bonchev–Trinajstić information content (AvgIpc) is 3.00. The number of hydrogen-bond donors (Lipinski definition) is 0. The number of rotatable bonds is 2. The van der Waals surface area contributed by atoms with Crippen LogP contribution < -0.4 is 11.4 Å². The van der Waals surface area contributed by atoms with Crippen molar-refractivity contribution in [2.24, 2.45) is 13.0 Å². The lowest BCUT2D eigenvalue weighted by molar-refractivity contribution is 0.0344. The summed E-state index contributed by atoms with van der Waals surface area (Å²) in [7, 11) is 1.57. The van der Waals surface area contributed by atoms with E-state index in [2.05, 4.69) is 74.5 Å². The fraction of sp³-hybridized carbons (Fsp3) is 0.280. The van der Waals surface area contributed by atoms with E-state index in [-0.39, 0.29) is 23.3 Å². The molecule has 5 nitrogen and oxygen atoms in total. The number of benzene rings is 2. The van der Waals surface area contributed by atoms with E-state index in [1.807, 2.05) is 12.1 Å². The molecule has 7 rings (SSSR count). The van der Waals surface area contributed by atoms with Crippen molar-refractivity contribution in [2.45, 2.75) is 30.8 Å². The molecule has 30 heavy (non-hydrogen) atoms. The van der Waals surface area contributed by atoms with Crippen LogP contribution in [0.25, 0.3) is 5.57 Å². The van der Waals surface area contributed by atoms with Crippen molar-refractivity contribution in [2.75, 3.05) is 0 Å². The van der Waals surface area contributed by atoms with Gasteiger partial charge in [0.15, 0.2) is 0 Å². The van der Waals surface area contributed by atoms with Crippen molar-refractivity contribution in [3.63, 3.8) is 0 Å². The standard InChI is InChI=1S/C25H23N3O2/c1-16-20(17-10-6-4-7-11-17)25(18-12-8-5-9-13-18)21(16)19-14-15-24(25,2)28-23(30)26(3)22(29)27(19)28/h4-15,19,21H,1-3H3/t19-,21-,24-,25+/m0/s1. The minimum atomic E-state index is -0.698. The maximum atomic E-state index is 13.3. The Kier molecular flexibility index (Phi) is 3.16. The zero-order valence-electron chi connectivity index (χ0n) is 17.2. The van der Waals surface area contributed by atoms with Gasteiger partial charge in [0, 0.05) is 13.0 Å². The Labute approximate surface area is 174 Å². The molecule has 0 spiro atoms. The lowest BCUT2D eigenvalue weighted by Crippen LogP contribution is -2.71. The van der Waals surface area contributed by atoms with E-state index in [4.69, 9.17) is 0 Å². The highest BCUT2D eigenvalue weighted by molar-refractivity contribution is 5.88. The van der Waals surface area contributed by atoms with Crippen LogP contribution in [-0.4, -0.2) is 13.9 Å². The molecule has 0 saturated heterocycles. The molecule has 2 aliphatic carbocycles. The number of nitrogens with zero attached hydrogens (tertiary/aromatic N) is 3. The maximum Gasteiger partial charge on any atom is 0.347 e. The summed E-state index contributed by atoms with van der Waals surface area (Å²) in [6.45, 7) is 4.29. The fourth-order valence-electron chi connectivity index (χ4n) is 6.55. The highest BCUT2D eigenvalue weighted by atomic mass is 16.2. The van der Waals surface area contributed by atoms with Gasteiger partial charge in [0.25, 0.3) is 0 Å². The first-order valence-corrected chi connectivity index (χ1v) is 10.4. The Balaban J connectivity index is 1.77. The van der Waals surface area contributed by atoms with Crippen LogP contribution in [0.2, 0.25) is 0 Å². The topological polar surface area (TPSA) is 48.9 Å². The maximum absolute atomic E-state index is 13.3. The van der Waals surface area contributed by atoms with Crippen molar-refractivity contribution in [3.05, 3.63) is 110 Å². The predicted molar refractivity (Wildman–Crippen MR) is 116 cm³/mol. The molecular weight excluding hydrogens is 374 g/mol. The zero-order chi connectivity index (χ0) is 20.8. The zero-order valence-corrected chi connectivity index (χ0v) is 17.2. The summed E-state index contributed by atoms with van der Waals surface area (Å²) in [5, 5.41) is 0. The first-order valence-electron chi connectivity index (χ1n) is 10.4. The molecule has 150 valence electrons. The summed E-state index contributed by atoms with van der Waals surface area (Å²) < 4.78 is 4.62. The first-order chi connectivity index (χ1) is 14.4. The molecular formula is C25H23N3O2. The Morgan fingerprint density at radius 2 is 1.53 bits per heavy atom. The Morgan fingerprint density at radius 1 is 0.900 bits per heavy atom. The molecule has 2 aliphatic heterocycles. The Hall–Kier alpha value is -3.34. The van der Waals surface area contributed by atoms with Gasteiger partial charge in [-0.3, -0.25) is 0 Å². The second-order valence-electron chi connectivity index (χ2n) is 8.85. The summed E-state index contributed by atoms with van der Waals surface area (Å²) in [5.74, 6) is 0.115. The van der Waals surface area contributed by atoms with E-state index in [0.29, 0.717) is 0 Å². The van der Waals surface area contributed by atoms with Gasteiger partial charge in [0.05, 0.1) is 17.0 Å². The van der Waals surface area contributed by atoms with Gasteiger partial charge in [0.2, 0.25) is 0 Å². The molecule has 0 unspecified atom stereocenters. The molecule has 4 aliphatic rings. The van der Waals surface area contributed by atoms with Crippen LogP contribution in [0.3, 0.4) is 0 Å². The molecule has 0 saturated carbocycles. The molecule has 0 N–H and O–H groups in total. The normalized spacial score (nSPS) is 30.8. The van der Waals surface area contributed by atoms with Crippen molar-refractivity contribution < 1.29 is 0 Å². The minimum absolute atomic E-state index is 0.115. The van der Waals surface area contributed by atoms with Gasteiger partial charge in [-0.15, -0.1) is 0 Å². The Bertz CT molecular complexity index is 1370. The number of allylic oxidation sites excluding steroid dienone is 4. The van der Waals surface area contributed by atoms with Gasteiger partial charge >= 0.3 is 11.4 Å². The second-order valence-corrected chi connectivity index (χ2v) is 8.85. The molecule has 2 aromatic carbocycles. The highest BCUT2D eigenvalue weighted by Crippen LogP contribution is 2.71. The first kappa shape index (κ1) is 17.5. The van der Waals surface area contributed by atoms with Gasteiger partial charge in [0.1, 0.15) is 0 Å². The van der Waals surface area contributed by atoms with Gasteiger partial charge in [-0.05, 0) is 30.5 Å². The third-order valence-electron chi connectivity index (χ3n) is 7.66. The lowest BCUT2D eigenvalue weighted by atomic mass is 9.41. The van der Waals surface area contributed by atoms with Gasteiger partial charge in [-0.1, -0.05) is 78.4 Å². The lowest BCUT2D eigenvalue weighted by Gasteiger charge is -2.67. The van der Waals surface area contributed by atoms with Crippen molar-refractivity contribution in [1.82, 2.24) is 13.9 Å². The summed E-state index contributed by atoms with van der Waals surface area (Å²) >= 11 is 0. The monoisotopic (exact) mass is 397 g/mol. The molecule has 0 amide bonds. The third-order valence-corrected chi connectivity index (χ3v) is 7.66. The summed E-state index contributed by atoms with van der Waals surface area (Å²) in [4.78, 5) is 26.3. The van der Waals surface area contributed by atoms with Gasteiger partial charge in [-0.25, -0.2) is 23.5 Å². The minimum Gasteiger partial charge on any atom is -0.246 e. The Morgan fingerprint density at radius 3 is 2.20 bits per heavy atom. The van der Waals surface area contributed by atoms with Crippen molar-refractivity contribution in [3.8, 4) is 0 Å². The second kappa shape index (κ2) is 5.42. The molecule has 1 aromatic heterocycles. The van der Waals surface area contributed by atoms with Crippen LogP contribution in [0.15, 0.2) is 88.0 Å². The van der Waals surface area contributed by atoms with Crippen molar-refractivity contribution >= 4 is 5.57 Å². The average molecular weight is 397 g/mol. The van der Waals surface area contributed by atoms with E-state index in [0.717, 1.165) is 0 Å². The number of hydrogen-bond acceptors (Lipinski definition) is 2. The van der Waals surface area contributed by atoms with Crippen LogP contribution in [0.1, 0.15) is 31.0 Å². The molecule has 3 aromatic rings. The van der Waals surface area contributed by atoms with Crippen molar-refractivity contribution in [1.29, 1.82) is 0 Å². The van der Waals surface area contributed by atoms with Crippen LogP contribution in [0, 0.1) is 5.92 Å². The largest absolute Gasteiger partial charge is 0.347 e. The van der Waals surface area contributed by atoms with Gasteiger partial charge in [-0.2, -0.15) is 0 Å². The fourth-order valence-corrected chi connectivity index (χ4v) is 6.55. The predicted octanol–water partition coefficient (Wildman–Crippen LogP) is 3.23. The summed E-state index contributed by atoms with van der Waals surface area (Å²) in [6.07, 6.45) is 4.27. The van der Waals surface area contributed by atoms with Crippen LogP contribution in [0.4, 0.5) is 0 Å². The molecule has 5 heteroatoms. The van der Waals surface area contributed by atoms with Crippen LogP contribution >= 0.6 is 0 Å². The van der Waals surface area contributed by atoms with Crippen LogP contribution in [0.5, 0.6) is 0 Å². The molecule has 0 fully saturated rings. The van der Waals surface area contributed by atoms with Gasteiger partial charge < -0.3 is 0 Å². The SMILES string of the molecule is CC1=C(c2ccccc2)[C@]2(c3ccccc3)[C@@H]1[C@@H]1C=C[C@]2(C)n2c(=O)n(C)c(=O)n21. The molecule has 0 radical (unpaired) electrons. The quantitative estimate of drug-likeness (QED) is 0.624. The number of aromatic nitrogens is 3. The smallest absolute Gasteiger partial charge is 0.246 e.